The van der Waals surface area contributed by atoms with Crippen molar-refractivity contribution in [3.8, 4) is 0 Å². The average Bonchev–Trinajstić information content (AvgIpc) is 2.33. The summed E-state index contributed by atoms with van der Waals surface area (Å²) in [4.78, 5) is 22.7. The number of carboxylic acids is 1. The first-order valence-electron chi connectivity index (χ1n) is 6.00. The van der Waals surface area contributed by atoms with Crippen LogP contribution in [0.25, 0.3) is 0 Å². The van der Waals surface area contributed by atoms with Crippen LogP contribution in [0, 0.1) is 6.92 Å². The number of halogens is 1. The Labute approximate surface area is 117 Å². The first-order valence-corrected chi connectivity index (χ1v) is 6.38. The lowest BCUT2D eigenvalue weighted by Gasteiger charge is -2.15. The highest BCUT2D eigenvalue weighted by Gasteiger charge is 2.19. The fourth-order valence-corrected chi connectivity index (χ4v) is 1.76. The first-order chi connectivity index (χ1) is 8.93. The number of urea groups is 1. The topological polar surface area (TPSA) is 78.4 Å². The Hall–Kier alpha value is -1.75. The van der Waals surface area contributed by atoms with E-state index in [1.807, 2.05) is 19.9 Å². The fraction of sp³-hybridized carbons (Fsp3) is 0.385. The second kappa shape index (κ2) is 6.99. The van der Waals surface area contributed by atoms with Gasteiger partial charge in [0.1, 0.15) is 6.04 Å². The number of rotatable bonds is 5. The van der Waals surface area contributed by atoms with Crippen LogP contribution in [0.4, 0.5) is 10.5 Å². The molecule has 0 unspecified atom stereocenters. The molecule has 0 radical (unpaired) electrons. The molecule has 19 heavy (non-hydrogen) atoms. The number of hydrogen-bond acceptors (Lipinski definition) is 2. The van der Waals surface area contributed by atoms with Gasteiger partial charge in [0.25, 0.3) is 0 Å². The zero-order valence-electron chi connectivity index (χ0n) is 10.9. The molecule has 1 rings (SSSR count). The Kier molecular flexibility index (Phi) is 5.63. The van der Waals surface area contributed by atoms with Crippen LogP contribution < -0.4 is 10.6 Å². The zero-order valence-corrected chi connectivity index (χ0v) is 11.6. The standard InChI is InChI=1S/C13H17ClN2O3/c1-3-4-10(12(17)18)15-13(19)16-11-7-8(2)5-6-9(11)14/h5-7,10H,3-4H2,1-2H3,(H,17,18)(H2,15,16,19)/t10-/m0/s1. The van der Waals surface area contributed by atoms with Crippen molar-refractivity contribution in [3.05, 3.63) is 28.8 Å². The molecule has 104 valence electrons. The molecule has 0 aromatic heterocycles. The van der Waals surface area contributed by atoms with E-state index in [2.05, 4.69) is 10.6 Å². The van der Waals surface area contributed by atoms with Crippen molar-refractivity contribution in [1.82, 2.24) is 5.32 Å². The Morgan fingerprint density at radius 2 is 2.11 bits per heavy atom. The molecule has 0 aliphatic carbocycles. The van der Waals surface area contributed by atoms with Gasteiger partial charge in [-0.25, -0.2) is 9.59 Å². The molecule has 0 heterocycles. The lowest BCUT2D eigenvalue weighted by Crippen LogP contribution is -2.42. The Morgan fingerprint density at radius 3 is 2.68 bits per heavy atom. The summed E-state index contributed by atoms with van der Waals surface area (Å²) in [6.07, 6.45) is 1.05. The monoisotopic (exact) mass is 284 g/mol. The van der Waals surface area contributed by atoms with Crippen LogP contribution in [0.1, 0.15) is 25.3 Å². The number of benzene rings is 1. The fourth-order valence-electron chi connectivity index (χ4n) is 1.60. The van der Waals surface area contributed by atoms with Gasteiger partial charge < -0.3 is 15.7 Å². The molecule has 0 saturated heterocycles. The van der Waals surface area contributed by atoms with E-state index in [0.717, 1.165) is 5.56 Å². The number of nitrogens with one attached hydrogen (secondary N) is 2. The molecular weight excluding hydrogens is 268 g/mol. The molecule has 6 heteroatoms. The Bertz CT molecular complexity index is 477. The summed E-state index contributed by atoms with van der Waals surface area (Å²) in [6, 6.07) is 3.75. The predicted octanol–water partition coefficient (Wildman–Crippen LogP) is 3.02. The predicted molar refractivity (Wildman–Crippen MR) is 74.7 cm³/mol. The number of carbonyl (C=O) groups is 2. The highest BCUT2D eigenvalue weighted by atomic mass is 35.5. The normalized spacial score (nSPS) is 11.7. The SMILES string of the molecule is CCC[C@H](NC(=O)Nc1cc(C)ccc1Cl)C(=O)O. The van der Waals surface area contributed by atoms with Crippen molar-refractivity contribution in [2.75, 3.05) is 5.32 Å². The minimum absolute atomic E-state index is 0.379. The van der Waals surface area contributed by atoms with E-state index in [9.17, 15) is 9.59 Å². The molecule has 1 aromatic rings. The van der Waals surface area contributed by atoms with Gasteiger partial charge in [0.15, 0.2) is 0 Å². The lowest BCUT2D eigenvalue weighted by molar-refractivity contribution is -0.139. The minimum atomic E-state index is -1.05. The molecule has 0 saturated carbocycles. The Morgan fingerprint density at radius 1 is 1.42 bits per heavy atom. The van der Waals surface area contributed by atoms with E-state index in [-0.39, 0.29) is 0 Å². The van der Waals surface area contributed by atoms with Gasteiger partial charge in [-0.1, -0.05) is 31.0 Å². The summed E-state index contributed by atoms with van der Waals surface area (Å²) in [5, 5.41) is 14.3. The van der Waals surface area contributed by atoms with Crippen molar-refractivity contribution in [2.24, 2.45) is 0 Å². The van der Waals surface area contributed by atoms with Crippen LogP contribution in [0.5, 0.6) is 0 Å². The Balaban J connectivity index is 2.68. The summed E-state index contributed by atoms with van der Waals surface area (Å²) >= 11 is 5.94. The van der Waals surface area contributed by atoms with Gasteiger partial charge in [0.05, 0.1) is 10.7 Å². The average molecular weight is 285 g/mol. The van der Waals surface area contributed by atoms with E-state index in [0.29, 0.717) is 23.6 Å². The number of aliphatic carboxylic acids is 1. The maximum absolute atomic E-state index is 11.7. The highest BCUT2D eigenvalue weighted by Crippen LogP contribution is 2.22. The molecular formula is C13H17ClN2O3. The number of carboxylic acid groups (broad SMARTS) is 1. The van der Waals surface area contributed by atoms with E-state index < -0.39 is 18.0 Å². The lowest BCUT2D eigenvalue weighted by atomic mass is 10.2. The van der Waals surface area contributed by atoms with Gasteiger partial charge in [0.2, 0.25) is 0 Å². The van der Waals surface area contributed by atoms with Crippen LogP contribution in [-0.2, 0) is 4.79 Å². The second-order valence-corrected chi connectivity index (χ2v) is 4.67. The molecule has 1 aromatic carbocycles. The minimum Gasteiger partial charge on any atom is -0.480 e. The quantitative estimate of drug-likeness (QED) is 0.777. The maximum atomic E-state index is 11.7. The molecule has 0 aliphatic heterocycles. The molecule has 0 fully saturated rings. The van der Waals surface area contributed by atoms with Crippen molar-refractivity contribution < 1.29 is 14.7 Å². The van der Waals surface area contributed by atoms with E-state index >= 15 is 0 Å². The van der Waals surface area contributed by atoms with Gasteiger partial charge in [0, 0.05) is 0 Å². The first kappa shape index (κ1) is 15.3. The number of amides is 2. The van der Waals surface area contributed by atoms with Crippen LogP contribution in [0.3, 0.4) is 0 Å². The number of carbonyl (C=O) groups excluding carboxylic acids is 1. The third kappa shape index (κ3) is 4.79. The summed E-state index contributed by atoms with van der Waals surface area (Å²) < 4.78 is 0. The van der Waals surface area contributed by atoms with Gasteiger partial charge in [-0.15, -0.1) is 0 Å². The van der Waals surface area contributed by atoms with Crippen molar-refractivity contribution >= 4 is 29.3 Å². The van der Waals surface area contributed by atoms with Gasteiger partial charge in [-0.2, -0.15) is 0 Å². The molecule has 1 atom stereocenters. The number of anilines is 1. The smallest absolute Gasteiger partial charge is 0.326 e. The molecule has 0 spiro atoms. The molecule has 3 N–H and O–H groups in total. The highest BCUT2D eigenvalue weighted by molar-refractivity contribution is 6.33. The second-order valence-electron chi connectivity index (χ2n) is 4.26. The number of hydrogen-bond donors (Lipinski definition) is 3. The summed E-state index contributed by atoms with van der Waals surface area (Å²) in [5.41, 5.74) is 1.41. The van der Waals surface area contributed by atoms with Crippen LogP contribution in [-0.4, -0.2) is 23.1 Å². The van der Waals surface area contributed by atoms with Gasteiger partial charge >= 0.3 is 12.0 Å². The third-order valence-electron chi connectivity index (χ3n) is 2.55. The van der Waals surface area contributed by atoms with Gasteiger partial charge in [-0.3, -0.25) is 0 Å². The van der Waals surface area contributed by atoms with E-state index in [1.165, 1.54) is 0 Å². The third-order valence-corrected chi connectivity index (χ3v) is 2.88. The summed E-state index contributed by atoms with van der Waals surface area (Å²) in [6.45, 7) is 3.73. The van der Waals surface area contributed by atoms with E-state index in [4.69, 9.17) is 16.7 Å². The van der Waals surface area contributed by atoms with Crippen molar-refractivity contribution in [1.29, 1.82) is 0 Å². The summed E-state index contributed by atoms with van der Waals surface area (Å²) in [7, 11) is 0. The molecule has 0 aliphatic rings. The maximum Gasteiger partial charge on any atom is 0.326 e. The van der Waals surface area contributed by atoms with Crippen molar-refractivity contribution in [2.45, 2.75) is 32.7 Å². The van der Waals surface area contributed by atoms with E-state index in [1.54, 1.807) is 12.1 Å². The molecule has 0 bridgehead atoms. The van der Waals surface area contributed by atoms with Crippen LogP contribution in [0.2, 0.25) is 5.02 Å². The summed E-state index contributed by atoms with van der Waals surface area (Å²) in [5.74, 6) is -1.05. The van der Waals surface area contributed by atoms with Crippen LogP contribution >= 0.6 is 11.6 Å². The van der Waals surface area contributed by atoms with Crippen LogP contribution in [0.15, 0.2) is 18.2 Å². The molecule has 2 amide bonds. The zero-order chi connectivity index (χ0) is 14.4. The number of aryl methyl sites for hydroxylation is 1. The van der Waals surface area contributed by atoms with Gasteiger partial charge in [-0.05, 0) is 31.0 Å². The largest absolute Gasteiger partial charge is 0.480 e. The molecule has 5 nitrogen and oxygen atoms in total. The van der Waals surface area contributed by atoms with Crippen molar-refractivity contribution in [3.63, 3.8) is 0 Å².